The van der Waals surface area contributed by atoms with E-state index < -0.39 is 0 Å². The first kappa shape index (κ1) is 19.8. The molecule has 0 radical (unpaired) electrons. The number of benzene rings is 2. The van der Waals surface area contributed by atoms with E-state index in [2.05, 4.69) is 20.5 Å². The molecule has 0 atom stereocenters. The van der Waals surface area contributed by atoms with E-state index in [9.17, 15) is 9.18 Å². The first-order valence-corrected chi connectivity index (χ1v) is 10.2. The highest BCUT2D eigenvalue weighted by Gasteiger charge is 2.17. The minimum atomic E-state index is -0.334. The van der Waals surface area contributed by atoms with E-state index in [1.165, 1.54) is 23.9 Å². The molecule has 0 aliphatic heterocycles. The molecule has 0 unspecified atom stereocenters. The molecule has 1 amide bonds. The molecule has 6 nitrogen and oxygen atoms in total. The molecule has 0 aliphatic rings. The van der Waals surface area contributed by atoms with E-state index in [1.54, 1.807) is 25.4 Å². The van der Waals surface area contributed by atoms with Crippen LogP contribution in [0.4, 0.5) is 10.1 Å². The van der Waals surface area contributed by atoms with Crippen LogP contribution < -0.4 is 5.32 Å². The second-order valence-electron chi connectivity index (χ2n) is 6.51. The molecule has 0 saturated heterocycles. The van der Waals surface area contributed by atoms with Crippen molar-refractivity contribution in [1.29, 1.82) is 0 Å². The van der Waals surface area contributed by atoms with Gasteiger partial charge in [0, 0.05) is 29.3 Å². The zero-order chi connectivity index (χ0) is 20.9. The fraction of sp³-hybridized carbons (Fsp3) is 0.0909. The van der Waals surface area contributed by atoms with Crippen LogP contribution in [0.25, 0.3) is 17.1 Å². The van der Waals surface area contributed by atoms with E-state index >= 15 is 0 Å². The summed E-state index contributed by atoms with van der Waals surface area (Å²) in [5, 5.41) is 12.1. The van der Waals surface area contributed by atoms with Gasteiger partial charge in [0.15, 0.2) is 11.0 Å². The van der Waals surface area contributed by atoms with Gasteiger partial charge in [-0.25, -0.2) is 4.39 Å². The van der Waals surface area contributed by atoms with Crippen molar-refractivity contribution in [2.24, 2.45) is 0 Å². The fourth-order valence-electron chi connectivity index (χ4n) is 2.94. The summed E-state index contributed by atoms with van der Waals surface area (Å²) in [6, 6.07) is 17.7. The monoisotopic (exact) mass is 419 g/mol. The summed E-state index contributed by atoms with van der Waals surface area (Å²) in [5.74, 6) is 0.265. The molecule has 2 heterocycles. The van der Waals surface area contributed by atoms with E-state index in [1.807, 2.05) is 47.0 Å². The molecule has 0 bridgehead atoms. The highest BCUT2D eigenvalue weighted by Crippen LogP contribution is 2.27. The zero-order valence-corrected chi connectivity index (χ0v) is 16.9. The summed E-state index contributed by atoms with van der Waals surface area (Å²) >= 11 is 1.28. The van der Waals surface area contributed by atoms with Crippen LogP contribution in [0.1, 0.15) is 5.56 Å². The van der Waals surface area contributed by atoms with Crippen molar-refractivity contribution >= 4 is 23.4 Å². The Morgan fingerprint density at radius 1 is 1.07 bits per heavy atom. The standard InChI is InChI=1S/C22H18FN5OS/c1-15-13-17(23)7-8-19(15)25-20(29)14-30-22-27-26-21(16-9-11-24-12-10-16)28(22)18-5-3-2-4-6-18/h2-13H,14H2,1H3,(H,25,29). The first-order chi connectivity index (χ1) is 14.6. The third-order valence-corrected chi connectivity index (χ3v) is 5.31. The van der Waals surface area contributed by atoms with Crippen LogP contribution >= 0.6 is 11.8 Å². The van der Waals surface area contributed by atoms with Gasteiger partial charge in [0.05, 0.1) is 5.75 Å². The zero-order valence-electron chi connectivity index (χ0n) is 16.1. The molecule has 0 saturated carbocycles. The number of aromatic nitrogens is 4. The number of rotatable bonds is 6. The number of aryl methyl sites for hydroxylation is 1. The Morgan fingerprint density at radius 3 is 2.57 bits per heavy atom. The predicted molar refractivity (Wildman–Crippen MR) is 115 cm³/mol. The van der Waals surface area contributed by atoms with Crippen molar-refractivity contribution in [3.05, 3.63) is 84.4 Å². The molecule has 4 aromatic rings. The Morgan fingerprint density at radius 2 is 1.83 bits per heavy atom. The van der Waals surface area contributed by atoms with Crippen LogP contribution in [0.5, 0.6) is 0 Å². The van der Waals surface area contributed by atoms with Crippen LogP contribution in [-0.2, 0) is 4.79 Å². The normalized spacial score (nSPS) is 10.7. The van der Waals surface area contributed by atoms with E-state index in [0.29, 0.717) is 22.2 Å². The maximum atomic E-state index is 13.3. The number of amides is 1. The summed E-state index contributed by atoms with van der Waals surface area (Å²) in [4.78, 5) is 16.5. The largest absolute Gasteiger partial charge is 0.325 e. The summed E-state index contributed by atoms with van der Waals surface area (Å²) in [6.45, 7) is 1.75. The predicted octanol–water partition coefficient (Wildman–Crippen LogP) is 4.51. The van der Waals surface area contributed by atoms with Gasteiger partial charge in [-0.1, -0.05) is 30.0 Å². The van der Waals surface area contributed by atoms with Crippen molar-refractivity contribution in [3.63, 3.8) is 0 Å². The fourth-order valence-corrected chi connectivity index (χ4v) is 3.70. The molecule has 0 fully saturated rings. The van der Waals surface area contributed by atoms with Crippen LogP contribution in [0, 0.1) is 12.7 Å². The van der Waals surface area contributed by atoms with E-state index in [-0.39, 0.29) is 17.5 Å². The number of halogens is 1. The van der Waals surface area contributed by atoms with Crippen molar-refractivity contribution in [3.8, 4) is 17.1 Å². The third-order valence-electron chi connectivity index (χ3n) is 4.38. The van der Waals surface area contributed by atoms with Crippen molar-refractivity contribution in [2.45, 2.75) is 12.1 Å². The Hall–Kier alpha value is -3.52. The quantitative estimate of drug-likeness (QED) is 0.466. The van der Waals surface area contributed by atoms with Crippen LogP contribution in [0.2, 0.25) is 0 Å². The average molecular weight is 419 g/mol. The highest BCUT2D eigenvalue weighted by molar-refractivity contribution is 7.99. The summed E-state index contributed by atoms with van der Waals surface area (Å²) < 4.78 is 15.2. The lowest BCUT2D eigenvalue weighted by Crippen LogP contribution is -2.15. The van der Waals surface area contributed by atoms with Gasteiger partial charge in [0.2, 0.25) is 5.91 Å². The second kappa shape index (κ2) is 8.87. The lowest BCUT2D eigenvalue weighted by atomic mass is 10.2. The maximum absolute atomic E-state index is 13.3. The Balaban J connectivity index is 1.57. The molecule has 1 N–H and O–H groups in total. The lowest BCUT2D eigenvalue weighted by molar-refractivity contribution is -0.113. The van der Waals surface area contributed by atoms with Gasteiger partial charge in [-0.05, 0) is 55.0 Å². The van der Waals surface area contributed by atoms with Gasteiger partial charge in [-0.2, -0.15) is 0 Å². The molecule has 8 heteroatoms. The number of pyridine rings is 1. The summed E-state index contributed by atoms with van der Waals surface area (Å²) in [6.07, 6.45) is 3.40. The Kier molecular flexibility index (Phi) is 5.85. The Bertz CT molecular complexity index is 1160. The molecule has 0 spiro atoms. The molecule has 2 aromatic heterocycles. The van der Waals surface area contributed by atoms with Gasteiger partial charge in [0.25, 0.3) is 0 Å². The van der Waals surface area contributed by atoms with Crippen LogP contribution in [0.3, 0.4) is 0 Å². The van der Waals surface area contributed by atoms with Gasteiger partial charge in [-0.3, -0.25) is 14.3 Å². The third kappa shape index (κ3) is 4.38. The van der Waals surface area contributed by atoms with Gasteiger partial charge in [0.1, 0.15) is 5.82 Å². The van der Waals surface area contributed by atoms with E-state index in [4.69, 9.17) is 0 Å². The number of carbonyl (C=O) groups excluding carboxylic acids is 1. The summed E-state index contributed by atoms with van der Waals surface area (Å²) in [5.41, 5.74) is 3.02. The molecule has 0 aliphatic carbocycles. The van der Waals surface area contributed by atoms with Gasteiger partial charge < -0.3 is 5.32 Å². The molecule has 2 aromatic carbocycles. The van der Waals surface area contributed by atoms with Gasteiger partial charge in [-0.15, -0.1) is 10.2 Å². The molecule has 4 rings (SSSR count). The SMILES string of the molecule is Cc1cc(F)ccc1NC(=O)CSc1nnc(-c2ccncc2)n1-c1ccccc1. The van der Waals surface area contributed by atoms with Crippen molar-refractivity contribution in [1.82, 2.24) is 19.7 Å². The number of hydrogen-bond donors (Lipinski definition) is 1. The topological polar surface area (TPSA) is 72.7 Å². The van der Waals surface area contributed by atoms with Crippen LogP contribution in [-0.4, -0.2) is 31.4 Å². The Labute approximate surface area is 177 Å². The van der Waals surface area contributed by atoms with Crippen LogP contribution in [0.15, 0.2) is 78.2 Å². The average Bonchev–Trinajstić information content (AvgIpc) is 3.19. The lowest BCUT2D eigenvalue weighted by Gasteiger charge is -2.11. The number of thioether (sulfide) groups is 1. The number of para-hydroxylation sites is 1. The number of anilines is 1. The molecule has 150 valence electrons. The smallest absolute Gasteiger partial charge is 0.234 e. The first-order valence-electron chi connectivity index (χ1n) is 9.22. The number of carbonyl (C=O) groups is 1. The minimum Gasteiger partial charge on any atom is -0.325 e. The number of nitrogens with zero attached hydrogens (tertiary/aromatic N) is 4. The minimum absolute atomic E-state index is 0.137. The number of hydrogen-bond acceptors (Lipinski definition) is 5. The van der Waals surface area contributed by atoms with Gasteiger partial charge >= 0.3 is 0 Å². The molecule has 30 heavy (non-hydrogen) atoms. The van der Waals surface area contributed by atoms with E-state index in [0.717, 1.165) is 11.3 Å². The second-order valence-corrected chi connectivity index (χ2v) is 7.45. The van der Waals surface area contributed by atoms with Crippen molar-refractivity contribution in [2.75, 3.05) is 11.1 Å². The molecular weight excluding hydrogens is 401 g/mol. The maximum Gasteiger partial charge on any atom is 0.234 e. The summed E-state index contributed by atoms with van der Waals surface area (Å²) in [7, 11) is 0. The highest BCUT2D eigenvalue weighted by atomic mass is 32.2. The molecular formula is C22H18FN5OS. The van der Waals surface area contributed by atoms with Crippen molar-refractivity contribution < 1.29 is 9.18 Å². The number of nitrogens with one attached hydrogen (secondary N) is 1.